The van der Waals surface area contributed by atoms with Crippen LogP contribution in [0, 0.1) is 0 Å². The number of hydrogen-bond donors (Lipinski definition) is 3. The van der Waals surface area contributed by atoms with Crippen molar-refractivity contribution < 1.29 is 69.3 Å². The smallest absolute Gasteiger partial charge is 0.726 e. The molecule has 0 aliphatic carbocycles. The fourth-order valence-corrected chi connectivity index (χ4v) is 3.49. The SMILES string of the molecule is CCCCCCCCCCCCOCCCCCCCCCCCC.O=S(=O)(O)O.O=S(=O)([O-])O.[Na+]. The monoisotopic (exact) mass is 572 g/mol. The molecule has 9 nitrogen and oxygen atoms in total. The van der Waals surface area contributed by atoms with Gasteiger partial charge in [-0.05, 0) is 12.8 Å². The van der Waals surface area contributed by atoms with Crippen LogP contribution >= 0.6 is 0 Å². The first kappa shape index (κ1) is 43.7. The number of hydrogen-bond acceptors (Lipinski definition) is 6. The number of ether oxygens (including phenoxy) is 1. The summed E-state index contributed by atoms with van der Waals surface area (Å²) >= 11 is 0. The molecule has 0 bridgehead atoms. The summed E-state index contributed by atoms with van der Waals surface area (Å²) in [7, 11) is -9.58. The van der Waals surface area contributed by atoms with Gasteiger partial charge in [0.1, 0.15) is 0 Å². The Morgan fingerprint density at radius 3 is 0.861 bits per heavy atom. The molecule has 0 aliphatic rings. The van der Waals surface area contributed by atoms with Crippen LogP contribution in [0.25, 0.3) is 0 Å². The molecule has 0 fully saturated rings. The molecular formula is C24H53NaO9S2. The van der Waals surface area contributed by atoms with Crippen LogP contribution in [0.1, 0.15) is 142 Å². The Hall–Kier alpha value is 0.700. The van der Waals surface area contributed by atoms with E-state index in [1.54, 1.807) is 0 Å². The minimum absolute atomic E-state index is 0. The summed E-state index contributed by atoms with van der Waals surface area (Å²) in [6.07, 6.45) is 28.2. The summed E-state index contributed by atoms with van der Waals surface area (Å²) in [5.74, 6) is 0. The largest absolute Gasteiger partial charge is 1.00 e. The van der Waals surface area contributed by atoms with E-state index in [4.69, 9.17) is 39.8 Å². The maximum Gasteiger partial charge on any atom is 1.00 e. The predicted octanol–water partition coefficient (Wildman–Crippen LogP) is 4.20. The molecule has 0 aromatic heterocycles. The van der Waals surface area contributed by atoms with Gasteiger partial charge in [-0.3, -0.25) is 13.7 Å². The van der Waals surface area contributed by atoms with Gasteiger partial charge in [0.25, 0.3) is 0 Å². The van der Waals surface area contributed by atoms with Crippen molar-refractivity contribution in [3.63, 3.8) is 0 Å². The minimum Gasteiger partial charge on any atom is -0.726 e. The molecule has 216 valence electrons. The van der Waals surface area contributed by atoms with Crippen LogP contribution in [0.15, 0.2) is 0 Å². The second-order valence-corrected chi connectivity index (χ2v) is 10.6. The van der Waals surface area contributed by atoms with E-state index in [2.05, 4.69) is 13.8 Å². The molecule has 0 saturated carbocycles. The van der Waals surface area contributed by atoms with Crippen molar-refractivity contribution in [1.29, 1.82) is 0 Å². The summed E-state index contributed by atoms with van der Waals surface area (Å²) < 4.78 is 70.2. The first-order valence-electron chi connectivity index (χ1n) is 13.4. The van der Waals surface area contributed by atoms with Crippen LogP contribution in [0.3, 0.4) is 0 Å². The third kappa shape index (κ3) is 76.5. The number of unbranched alkanes of at least 4 members (excludes halogenated alkanes) is 18. The van der Waals surface area contributed by atoms with Gasteiger partial charge in [-0.1, -0.05) is 129 Å². The minimum atomic E-state index is -4.92. The molecule has 3 N–H and O–H groups in total. The van der Waals surface area contributed by atoms with E-state index in [0.717, 1.165) is 13.2 Å². The first-order valence-corrected chi connectivity index (χ1v) is 16.1. The molecule has 0 spiro atoms. The van der Waals surface area contributed by atoms with E-state index >= 15 is 0 Å². The summed E-state index contributed by atoms with van der Waals surface area (Å²) in [5, 5.41) is 0. The van der Waals surface area contributed by atoms with Crippen LogP contribution in [0.4, 0.5) is 0 Å². The average molecular weight is 573 g/mol. The normalized spacial score (nSPS) is 11.1. The third-order valence-electron chi connectivity index (χ3n) is 5.28. The van der Waals surface area contributed by atoms with Crippen LogP contribution in [-0.2, 0) is 25.5 Å². The van der Waals surface area contributed by atoms with E-state index in [0.29, 0.717) is 0 Å². The van der Waals surface area contributed by atoms with Crippen LogP contribution in [-0.4, -0.2) is 48.3 Å². The van der Waals surface area contributed by atoms with Crippen molar-refractivity contribution in [2.45, 2.75) is 142 Å². The maximum absolute atomic E-state index is 8.74. The molecule has 0 amide bonds. The molecule has 0 rings (SSSR count). The fraction of sp³-hybridized carbons (Fsp3) is 1.00. The molecule has 36 heavy (non-hydrogen) atoms. The van der Waals surface area contributed by atoms with Crippen molar-refractivity contribution in [3.05, 3.63) is 0 Å². The van der Waals surface area contributed by atoms with Crippen molar-refractivity contribution in [2.75, 3.05) is 13.2 Å². The van der Waals surface area contributed by atoms with Crippen LogP contribution in [0.5, 0.6) is 0 Å². The fourth-order valence-electron chi connectivity index (χ4n) is 3.49. The Kier molecular flexibility index (Phi) is 41.0. The van der Waals surface area contributed by atoms with Crippen molar-refractivity contribution in [1.82, 2.24) is 0 Å². The summed E-state index contributed by atoms with van der Waals surface area (Å²) in [6, 6.07) is 0. The molecular weight excluding hydrogens is 519 g/mol. The van der Waals surface area contributed by atoms with Crippen molar-refractivity contribution in [2.24, 2.45) is 0 Å². The van der Waals surface area contributed by atoms with Crippen molar-refractivity contribution in [3.8, 4) is 0 Å². The average Bonchev–Trinajstić information content (AvgIpc) is 2.72. The molecule has 0 unspecified atom stereocenters. The Morgan fingerprint density at radius 2 is 0.667 bits per heavy atom. The molecule has 0 radical (unpaired) electrons. The Morgan fingerprint density at radius 1 is 0.500 bits per heavy atom. The second kappa shape index (κ2) is 33.7. The zero-order valence-corrected chi connectivity index (χ0v) is 26.8. The van der Waals surface area contributed by atoms with Gasteiger partial charge < -0.3 is 9.29 Å². The first-order chi connectivity index (χ1) is 16.4. The zero-order chi connectivity index (χ0) is 27.3. The van der Waals surface area contributed by atoms with Crippen molar-refractivity contribution >= 4 is 20.8 Å². The van der Waals surface area contributed by atoms with Gasteiger partial charge >= 0.3 is 40.0 Å². The molecule has 0 saturated heterocycles. The van der Waals surface area contributed by atoms with Gasteiger partial charge in [-0.25, -0.2) is 8.42 Å². The summed E-state index contributed by atoms with van der Waals surface area (Å²) in [5.41, 5.74) is 0. The van der Waals surface area contributed by atoms with Gasteiger partial charge in [0.15, 0.2) is 0 Å². The Bertz CT molecular complexity index is 533. The van der Waals surface area contributed by atoms with Gasteiger partial charge in [-0.15, -0.1) is 0 Å². The van der Waals surface area contributed by atoms with Gasteiger partial charge in [0, 0.05) is 13.2 Å². The standard InChI is InChI=1S/C24H50O.Na.2H2O4S/c1-3-5-7-9-11-13-15-17-19-21-23-25-24-22-20-18-16-14-12-10-8-6-4-2;;2*1-5(2,3)4/h3-24H2,1-2H3;;2*(H2,1,2,3,4)/q;+1;;/p-1. The number of rotatable bonds is 22. The van der Waals surface area contributed by atoms with Gasteiger partial charge in [-0.2, -0.15) is 8.42 Å². The van der Waals surface area contributed by atoms with Crippen LogP contribution in [0.2, 0.25) is 0 Å². The molecule has 12 heteroatoms. The van der Waals surface area contributed by atoms with E-state index in [1.807, 2.05) is 0 Å². The third-order valence-corrected chi connectivity index (χ3v) is 5.28. The van der Waals surface area contributed by atoms with Gasteiger partial charge in [0.2, 0.25) is 10.4 Å². The quantitative estimate of drug-likeness (QED) is 0.0747. The van der Waals surface area contributed by atoms with E-state index < -0.39 is 20.8 Å². The van der Waals surface area contributed by atoms with E-state index in [1.165, 1.54) is 128 Å². The Labute approximate surface area is 244 Å². The molecule has 0 aromatic carbocycles. The molecule has 0 heterocycles. The zero-order valence-electron chi connectivity index (χ0n) is 23.2. The predicted molar refractivity (Wildman–Crippen MR) is 141 cm³/mol. The van der Waals surface area contributed by atoms with Crippen LogP contribution < -0.4 is 29.6 Å². The molecule has 0 atom stereocenters. The topological polar surface area (TPSA) is 161 Å². The van der Waals surface area contributed by atoms with Gasteiger partial charge in [0.05, 0.1) is 0 Å². The van der Waals surface area contributed by atoms with E-state index in [-0.39, 0.29) is 29.6 Å². The summed E-state index contributed by atoms with van der Waals surface area (Å²) in [4.78, 5) is 0. The maximum atomic E-state index is 8.74. The second-order valence-electron chi connectivity index (χ2n) is 8.85. The molecule has 0 aliphatic heterocycles. The molecule has 0 aromatic rings. The summed E-state index contributed by atoms with van der Waals surface area (Å²) in [6.45, 7) is 6.57. The van der Waals surface area contributed by atoms with E-state index in [9.17, 15) is 0 Å². The Balaban J connectivity index is -0.000000390.